The number of hydrogen-bond donors (Lipinski definition) is 1. The maximum absolute atomic E-state index is 12.4. The summed E-state index contributed by atoms with van der Waals surface area (Å²) in [7, 11) is 0. The number of benzene rings is 2. The van der Waals surface area contributed by atoms with Gasteiger partial charge in [0.15, 0.2) is 0 Å². The molecule has 11 nitrogen and oxygen atoms in total. The van der Waals surface area contributed by atoms with Gasteiger partial charge in [-0.2, -0.15) is 0 Å². The summed E-state index contributed by atoms with van der Waals surface area (Å²) in [6.45, 7) is -0.323. The van der Waals surface area contributed by atoms with Crippen LogP contribution in [0.4, 0.5) is 17.1 Å². The van der Waals surface area contributed by atoms with Crippen LogP contribution in [0.5, 0.6) is 0 Å². The highest BCUT2D eigenvalue weighted by Crippen LogP contribution is 2.31. The third kappa shape index (κ3) is 3.28. The normalized spacial score (nSPS) is 12.6. The molecule has 28 heavy (non-hydrogen) atoms. The molecule has 2 aromatic rings. The minimum absolute atomic E-state index is 0.0181. The fraction of sp³-hybridized carbons (Fsp3) is 0.118. The third-order valence-corrected chi connectivity index (χ3v) is 4.11. The van der Waals surface area contributed by atoms with E-state index < -0.39 is 33.3 Å². The van der Waals surface area contributed by atoms with Gasteiger partial charge in [-0.1, -0.05) is 18.2 Å². The molecule has 1 heterocycles. The molecule has 0 spiro atoms. The Morgan fingerprint density at radius 2 is 1.57 bits per heavy atom. The molecule has 0 saturated heterocycles. The van der Waals surface area contributed by atoms with Crippen LogP contribution in [0.25, 0.3) is 0 Å². The van der Waals surface area contributed by atoms with Crippen molar-refractivity contribution in [3.63, 3.8) is 0 Å². The molecule has 0 saturated carbocycles. The van der Waals surface area contributed by atoms with Gasteiger partial charge < -0.3 is 5.32 Å². The largest absolute Gasteiger partial charge is 0.320 e. The van der Waals surface area contributed by atoms with Gasteiger partial charge in [-0.05, 0) is 12.1 Å². The van der Waals surface area contributed by atoms with Crippen LogP contribution in [0.1, 0.15) is 27.1 Å². The van der Waals surface area contributed by atoms with Gasteiger partial charge in [-0.25, -0.2) is 0 Å². The summed E-state index contributed by atoms with van der Waals surface area (Å²) < 4.78 is 0. The Labute approximate surface area is 156 Å². The Kier molecular flexibility index (Phi) is 4.81. The van der Waals surface area contributed by atoms with Gasteiger partial charge in [-0.3, -0.25) is 39.5 Å². The standard InChI is InChI=1S/C17H12N4O7/c22-14(18-11-5-1-2-6-12(11)20(25)26)8-9-19-16(23)10-4-3-7-13(21(27)28)15(10)17(19)24/h1-7H,8-9H2,(H,18,22). The van der Waals surface area contributed by atoms with Crippen molar-refractivity contribution < 1.29 is 24.2 Å². The molecule has 0 fully saturated rings. The second kappa shape index (κ2) is 7.23. The zero-order valence-corrected chi connectivity index (χ0v) is 14.2. The van der Waals surface area contributed by atoms with Crippen LogP contribution in [0.3, 0.4) is 0 Å². The number of nitro benzene ring substituents is 2. The first-order valence-corrected chi connectivity index (χ1v) is 7.98. The highest BCUT2D eigenvalue weighted by atomic mass is 16.6. The van der Waals surface area contributed by atoms with E-state index in [0.29, 0.717) is 0 Å². The van der Waals surface area contributed by atoms with E-state index in [4.69, 9.17) is 0 Å². The number of amides is 3. The van der Waals surface area contributed by atoms with Crippen molar-refractivity contribution in [1.82, 2.24) is 4.90 Å². The average molecular weight is 384 g/mol. The maximum atomic E-state index is 12.4. The number of nitro groups is 2. The van der Waals surface area contributed by atoms with Crippen molar-refractivity contribution in [3.05, 3.63) is 73.8 Å². The van der Waals surface area contributed by atoms with Crippen molar-refractivity contribution in [3.8, 4) is 0 Å². The Morgan fingerprint density at radius 3 is 2.25 bits per heavy atom. The van der Waals surface area contributed by atoms with Crippen molar-refractivity contribution >= 4 is 34.8 Å². The van der Waals surface area contributed by atoms with E-state index in [1.54, 1.807) is 0 Å². The fourth-order valence-corrected chi connectivity index (χ4v) is 2.84. The van der Waals surface area contributed by atoms with E-state index in [1.807, 2.05) is 0 Å². The topological polar surface area (TPSA) is 153 Å². The Bertz CT molecular complexity index is 1030. The summed E-state index contributed by atoms with van der Waals surface area (Å²) in [5, 5.41) is 24.4. The third-order valence-electron chi connectivity index (χ3n) is 4.11. The number of anilines is 1. The van der Waals surface area contributed by atoms with Crippen molar-refractivity contribution in [1.29, 1.82) is 0 Å². The SMILES string of the molecule is O=C(CCN1C(=O)c2cccc([N+](=O)[O-])c2C1=O)Nc1ccccc1[N+](=O)[O-]. The average Bonchev–Trinajstić information content (AvgIpc) is 2.90. The molecule has 1 aliphatic rings. The summed E-state index contributed by atoms with van der Waals surface area (Å²) in [6.07, 6.45) is -0.328. The second-order valence-corrected chi connectivity index (χ2v) is 5.79. The minimum atomic E-state index is -0.856. The lowest BCUT2D eigenvalue weighted by atomic mass is 10.1. The van der Waals surface area contributed by atoms with E-state index in [1.165, 1.54) is 36.4 Å². The first-order valence-electron chi connectivity index (χ1n) is 7.98. The number of nitrogens with one attached hydrogen (secondary N) is 1. The Hall–Kier alpha value is -4.15. The van der Waals surface area contributed by atoms with Crippen molar-refractivity contribution in [2.75, 3.05) is 11.9 Å². The molecule has 0 bridgehead atoms. The van der Waals surface area contributed by atoms with Gasteiger partial charge in [-0.15, -0.1) is 0 Å². The zero-order valence-electron chi connectivity index (χ0n) is 14.2. The minimum Gasteiger partial charge on any atom is -0.320 e. The van der Waals surface area contributed by atoms with Crippen molar-refractivity contribution in [2.24, 2.45) is 0 Å². The summed E-state index contributed by atoms with van der Waals surface area (Å²) in [4.78, 5) is 58.3. The number of fused-ring (bicyclic) bond motifs is 1. The zero-order chi connectivity index (χ0) is 20.4. The Morgan fingerprint density at radius 1 is 0.929 bits per heavy atom. The first kappa shape index (κ1) is 18.6. The number of nitrogens with zero attached hydrogens (tertiary/aromatic N) is 3. The van der Waals surface area contributed by atoms with Crippen LogP contribution in [-0.4, -0.2) is 39.0 Å². The molecule has 142 valence electrons. The van der Waals surface area contributed by atoms with Gasteiger partial charge in [0.05, 0.1) is 15.4 Å². The van der Waals surface area contributed by atoms with E-state index in [9.17, 15) is 34.6 Å². The van der Waals surface area contributed by atoms with Crippen LogP contribution in [0.2, 0.25) is 0 Å². The predicted molar refractivity (Wildman–Crippen MR) is 94.8 cm³/mol. The second-order valence-electron chi connectivity index (χ2n) is 5.79. The number of carbonyl (C=O) groups is 3. The molecule has 1 N–H and O–H groups in total. The smallest absolute Gasteiger partial charge is 0.292 e. The molecule has 3 amide bonds. The van der Waals surface area contributed by atoms with Gasteiger partial charge in [0, 0.05) is 25.1 Å². The molecular weight excluding hydrogens is 372 g/mol. The summed E-state index contributed by atoms with van der Waals surface area (Å²) >= 11 is 0. The number of rotatable bonds is 6. The summed E-state index contributed by atoms with van der Waals surface area (Å²) in [5.41, 5.74) is -1.21. The lowest BCUT2D eigenvalue weighted by Crippen LogP contribution is -2.33. The lowest BCUT2D eigenvalue weighted by molar-refractivity contribution is -0.385. The van der Waals surface area contributed by atoms with Gasteiger partial charge in [0.25, 0.3) is 23.2 Å². The monoisotopic (exact) mass is 384 g/mol. The maximum Gasteiger partial charge on any atom is 0.292 e. The molecule has 11 heteroatoms. The number of carbonyl (C=O) groups excluding carboxylic acids is 3. The molecular formula is C17H12N4O7. The van der Waals surface area contributed by atoms with Crippen LogP contribution in [0.15, 0.2) is 42.5 Å². The fourth-order valence-electron chi connectivity index (χ4n) is 2.84. The summed E-state index contributed by atoms with van der Waals surface area (Å²) in [5.74, 6) is -2.24. The van der Waals surface area contributed by atoms with E-state index in [0.717, 1.165) is 11.0 Å². The van der Waals surface area contributed by atoms with E-state index in [2.05, 4.69) is 5.32 Å². The van der Waals surface area contributed by atoms with Gasteiger partial charge in [0.2, 0.25) is 5.91 Å². The molecule has 0 radical (unpaired) electrons. The molecule has 3 rings (SSSR count). The molecule has 2 aromatic carbocycles. The molecule has 0 atom stereocenters. The van der Waals surface area contributed by atoms with Gasteiger partial charge in [0.1, 0.15) is 11.3 Å². The number of para-hydroxylation sites is 2. The molecule has 0 aliphatic carbocycles. The first-order chi connectivity index (χ1) is 13.3. The molecule has 0 aromatic heterocycles. The summed E-state index contributed by atoms with van der Waals surface area (Å²) in [6, 6.07) is 9.24. The molecule has 1 aliphatic heterocycles. The lowest BCUT2D eigenvalue weighted by Gasteiger charge is -2.13. The van der Waals surface area contributed by atoms with Crippen LogP contribution < -0.4 is 5.32 Å². The molecule has 0 unspecified atom stereocenters. The van der Waals surface area contributed by atoms with Crippen molar-refractivity contribution in [2.45, 2.75) is 6.42 Å². The van der Waals surface area contributed by atoms with E-state index in [-0.39, 0.29) is 35.5 Å². The highest BCUT2D eigenvalue weighted by Gasteiger charge is 2.40. The predicted octanol–water partition coefficient (Wildman–Crippen LogP) is 2.13. The highest BCUT2D eigenvalue weighted by molar-refractivity contribution is 6.23. The van der Waals surface area contributed by atoms with Gasteiger partial charge >= 0.3 is 0 Å². The number of hydrogen-bond acceptors (Lipinski definition) is 7. The van der Waals surface area contributed by atoms with Crippen LogP contribution in [0, 0.1) is 20.2 Å². The van der Waals surface area contributed by atoms with Crippen LogP contribution in [-0.2, 0) is 4.79 Å². The number of imide groups is 1. The van der Waals surface area contributed by atoms with E-state index >= 15 is 0 Å². The van der Waals surface area contributed by atoms with Crippen LogP contribution >= 0.6 is 0 Å². The Balaban J connectivity index is 1.72. The quantitative estimate of drug-likeness (QED) is 0.455.